The molecular formula is C8H12F2N2. The Balaban J connectivity index is 2.26. The molecule has 1 saturated heterocycles. The van der Waals surface area contributed by atoms with Gasteiger partial charge in [-0.05, 0) is 25.9 Å². The van der Waals surface area contributed by atoms with Crippen molar-refractivity contribution >= 4 is 0 Å². The van der Waals surface area contributed by atoms with Crippen molar-refractivity contribution in [1.82, 2.24) is 4.90 Å². The summed E-state index contributed by atoms with van der Waals surface area (Å²) in [7, 11) is 0. The minimum atomic E-state index is -2.19. The topological polar surface area (TPSA) is 27.0 Å². The molecule has 0 radical (unpaired) electrons. The predicted octanol–water partition coefficient (Wildman–Crippen LogP) is 1.49. The molecule has 0 aromatic heterocycles. The Hall–Kier alpha value is -0.690. The number of hydrogen-bond donors (Lipinski definition) is 0. The average Bonchev–Trinajstić information content (AvgIpc) is 2.06. The maximum absolute atomic E-state index is 12.1. The van der Waals surface area contributed by atoms with Crippen LogP contribution >= 0.6 is 0 Å². The average molecular weight is 174 g/mol. The largest absolute Gasteiger partial charge is 0.291 e. The van der Waals surface area contributed by atoms with Gasteiger partial charge in [0.2, 0.25) is 6.43 Å². The lowest BCUT2D eigenvalue weighted by molar-refractivity contribution is 0.0381. The smallest absolute Gasteiger partial charge is 0.241 e. The summed E-state index contributed by atoms with van der Waals surface area (Å²) in [6.07, 6.45) is -1.13. The highest BCUT2D eigenvalue weighted by Crippen LogP contribution is 2.22. The van der Waals surface area contributed by atoms with Crippen molar-refractivity contribution in [2.75, 3.05) is 19.6 Å². The summed E-state index contributed by atoms with van der Waals surface area (Å²) in [4.78, 5) is 1.92. The van der Waals surface area contributed by atoms with E-state index in [0.29, 0.717) is 32.5 Å². The number of piperidine rings is 1. The van der Waals surface area contributed by atoms with Crippen molar-refractivity contribution < 1.29 is 8.78 Å². The van der Waals surface area contributed by atoms with Crippen LogP contribution in [0.5, 0.6) is 0 Å². The van der Waals surface area contributed by atoms with E-state index in [9.17, 15) is 8.78 Å². The molecule has 12 heavy (non-hydrogen) atoms. The quantitative estimate of drug-likeness (QED) is 0.593. The maximum Gasteiger partial charge on any atom is 0.241 e. The minimum absolute atomic E-state index is 0.371. The summed E-state index contributed by atoms with van der Waals surface area (Å²) in [6, 6.07) is 2.02. The Morgan fingerprint density at radius 3 is 2.42 bits per heavy atom. The summed E-state index contributed by atoms with van der Waals surface area (Å²) >= 11 is 0. The van der Waals surface area contributed by atoms with Gasteiger partial charge in [0, 0.05) is 5.92 Å². The molecule has 1 fully saturated rings. The van der Waals surface area contributed by atoms with Crippen molar-refractivity contribution in [2.45, 2.75) is 19.3 Å². The van der Waals surface area contributed by atoms with Gasteiger partial charge in [-0.15, -0.1) is 0 Å². The van der Waals surface area contributed by atoms with Gasteiger partial charge in [-0.3, -0.25) is 4.90 Å². The van der Waals surface area contributed by atoms with Crippen molar-refractivity contribution in [3.05, 3.63) is 0 Å². The van der Waals surface area contributed by atoms with Crippen LogP contribution in [0.25, 0.3) is 0 Å². The predicted molar refractivity (Wildman–Crippen MR) is 40.8 cm³/mol. The van der Waals surface area contributed by atoms with Crippen LogP contribution in [0, 0.1) is 17.2 Å². The Labute approximate surface area is 70.8 Å². The Bertz CT molecular complexity index is 168. The highest BCUT2D eigenvalue weighted by atomic mass is 19.3. The maximum atomic E-state index is 12.1. The van der Waals surface area contributed by atoms with Crippen LogP contribution in [0.15, 0.2) is 0 Å². The molecule has 0 aliphatic carbocycles. The number of nitrogens with zero attached hydrogens (tertiary/aromatic N) is 2. The number of rotatable bonds is 2. The Morgan fingerprint density at radius 1 is 1.42 bits per heavy atom. The molecule has 2 nitrogen and oxygen atoms in total. The molecular weight excluding hydrogens is 162 g/mol. The van der Waals surface area contributed by atoms with Crippen LogP contribution in [0.2, 0.25) is 0 Å². The first-order chi connectivity index (χ1) is 5.74. The number of hydrogen-bond acceptors (Lipinski definition) is 2. The van der Waals surface area contributed by atoms with Crippen LogP contribution in [0.1, 0.15) is 12.8 Å². The first-order valence-electron chi connectivity index (χ1n) is 4.11. The van der Waals surface area contributed by atoms with Gasteiger partial charge in [-0.2, -0.15) is 5.26 Å². The molecule has 0 amide bonds. The van der Waals surface area contributed by atoms with E-state index in [0.717, 1.165) is 0 Å². The first kappa shape index (κ1) is 9.40. The molecule has 1 heterocycles. The monoisotopic (exact) mass is 174 g/mol. The second kappa shape index (κ2) is 4.36. The molecule has 1 rings (SSSR count). The highest BCUT2D eigenvalue weighted by molar-refractivity contribution is 4.81. The molecule has 0 atom stereocenters. The Morgan fingerprint density at radius 2 is 2.00 bits per heavy atom. The molecule has 0 aromatic carbocycles. The molecule has 0 spiro atoms. The van der Waals surface area contributed by atoms with Crippen molar-refractivity contribution in [2.24, 2.45) is 5.92 Å². The zero-order valence-corrected chi connectivity index (χ0v) is 6.84. The van der Waals surface area contributed by atoms with Crippen LogP contribution in [0.3, 0.4) is 0 Å². The van der Waals surface area contributed by atoms with Gasteiger partial charge in [0.1, 0.15) is 0 Å². The summed E-state index contributed by atoms with van der Waals surface area (Å²) < 4.78 is 24.3. The second-order valence-electron chi connectivity index (χ2n) is 3.11. The standard InChI is InChI=1S/C8H12F2N2/c9-8(10)7-1-4-12(5-2-7)6-3-11/h7-8H,1-2,4-6H2. The second-order valence-corrected chi connectivity index (χ2v) is 3.11. The van der Waals surface area contributed by atoms with Gasteiger partial charge < -0.3 is 0 Å². The van der Waals surface area contributed by atoms with E-state index < -0.39 is 12.3 Å². The van der Waals surface area contributed by atoms with Crippen LogP contribution in [-0.4, -0.2) is 31.0 Å². The van der Waals surface area contributed by atoms with Gasteiger partial charge in [-0.25, -0.2) is 8.78 Å². The molecule has 0 N–H and O–H groups in total. The fraction of sp³-hybridized carbons (Fsp3) is 0.875. The van der Waals surface area contributed by atoms with E-state index in [2.05, 4.69) is 0 Å². The summed E-state index contributed by atoms with van der Waals surface area (Å²) in [5.74, 6) is -0.444. The molecule has 0 bridgehead atoms. The van der Waals surface area contributed by atoms with Gasteiger partial charge >= 0.3 is 0 Å². The van der Waals surface area contributed by atoms with Gasteiger partial charge in [0.15, 0.2) is 0 Å². The Kier molecular flexibility index (Phi) is 3.42. The zero-order chi connectivity index (χ0) is 8.97. The van der Waals surface area contributed by atoms with Crippen LogP contribution in [-0.2, 0) is 0 Å². The first-order valence-corrected chi connectivity index (χ1v) is 4.11. The van der Waals surface area contributed by atoms with Crippen LogP contribution < -0.4 is 0 Å². The minimum Gasteiger partial charge on any atom is -0.291 e. The fourth-order valence-electron chi connectivity index (χ4n) is 1.46. The third-order valence-electron chi connectivity index (χ3n) is 2.28. The SMILES string of the molecule is N#CCN1CCC(C(F)F)CC1. The van der Waals surface area contributed by atoms with E-state index in [4.69, 9.17) is 5.26 Å². The fourth-order valence-corrected chi connectivity index (χ4v) is 1.46. The molecule has 4 heteroatoms. The number of alkyl halides is 2. The normalized spacial score (nSPS) is 21.2. The van der Waals surface area contributed by atoms with Crippen molar-refractivity contribution in [1.29, 1.82) is 5.26 Å². The van der Waals surface area contributed by atoms with Gasteiger partial charge in [0.05, 0.1) is 12.6 Å². The van der Waals surface area contributed by atoms with Gasteiger partial charge in [-0.1, -0.05) is 0 Å². The summed E-state index contributed by atoms with van der Waals surface area (Å²) in [5, 5.41) is 8.35. The third-order valence-corrected chi connectivity index (χ3v) is 2.28. The van der Waals surface area contributed by atoms with Crippen molar-refractivity contribution in [3.63, 3.8) is 0 Å². The number of halogens is 2. The molecule has 68 valence electrons. The van der Waals surface area contributed by atoms with E-state index in [-0.39, 0.29) is 0 Å². The summed E-state index contributed by atoms with van der Waals surface area (Å²) in [5.41, 5.74) is 0. The molecule has 1 aliphatic heterocycles. The molecule has 0 saturated carbocycles. The molecule has 1 aliphatic rings. The third kappa shape index (κ3) is 2.42. The summed E-state index contributed by atoms with van der Waals surface area (Å²) in [6.45, 7) is 1.65. The lowest BCUT2D eigenvalue weighted by atomic mass is 9.97. The van der Waals surface area contributed by atoms with E-state index in [1.165, 1.54) is 0 Å². The van der Waals surface area contributed by atoms with Crippen molar-refractivity contribution in [3.8, 4) is 6.07 Å². The molecule has 0 aromatic rings. The lowest BCUT2D eigenvalue weighted by Gasteiger charge is -2.29. The van der Waals surface area contributed by atoms with Crippen LogP contribution in [0.4, 0.5) is 8.78 Å². The zero-order valence-electron chi connectivity index (χ0n) is 6.84. The number of nitriles is 1. The van der Waals surface area contributed by atoms with E-state index in [1.807, 2.05) is 11.0 Å². The highest BCUT2D eigenvalue weighted by Gasteiger charge is 2.25. The lowest BCUT2D eigenvalue weighted by Crippen LogP contribution is -2.35. The van der Waals surface area contributed by atoms with Gasteiger partial charge in [0.25, 0.3) is 0 Å². The molecule has 0 unspecified atom stereocenters. The number of likely N-dealkylation sites (tertiary alicyclic amines) is 1. The van der Waals surface area contributed by atoms with E-state index >= 15 is 0 Å². The van der Waals surface area contributed by atoms with E-state index in [1.54, 1.807) is 0 Å².